The Hall–Kier alpha value is -2.75. The van der Waals surface area contributed by atoms with Crippen molar-refractivity contribution in [3.63, 3.8) is 0 Å². The van der Waals surface area contributed by atoms with Gasteiger partial charge in [-0.25, -0.2) is 13.1 Å². The highest BCUT2D eigenvalue weighted by Gasteiger charge is 2.37. The first-order chi connectivity index (χ1) is 14.5. The fraction of sp³-hybridized carbons (Fsp3) is 0.143. The Bertz CT molecular complexity index is 1290. The van der Waals surface area contributed by atoms with E-state index in [1.54, 1.807) is 22.7 Å². The lowest BCUT2D eigenvalue weighted by Crippen LogP contribution is -2.26. The van der Waals surface area contributed by atoms with Crippen LogP contribution in [0.3, 0.4) is 0 Å². The zero-order valence-corrected chi connectivity index (χ0v) is 18.5. The number of nitrogens with zero attached hydrogens (tertiary/aromatic N) is 4. The van der Waals surface area contributed by atoms with Gasteiger partial charge >= 0.3 is 0 Å². The minimum absolute atomic E-state index is 0.440. The van der Waals surface area contributed by atoms with Crippen LogP contribution in [-0.2, 0) is 10.0 Å². The molecule has 0 saturated carbocycles. The van der Waals surface area contributed by atoms with Crippen LogP contribution >= 0.6 is 22.7 Å². The Kier molecular flexibility index (Phi) is 4.80. The average Bonchev–Trinajstić information content (AvgIpc) is 3.53. The van der Waals surface area contributed by atoms with Gasteiger partial charge in [-0.1, -0.05) is 24.3 Å². The molecule has 4 aromatic rings. The molecule has 0 fully saturated rings. The van der Waals surface area contributed by atoms with Crippen LogP contribution in [0.1, 0.15) is 22.9 Å². The van der Waals surface area contributed by atoms with Crippen LogP contribution in [0.5, 0.6) is 0 Å². The van der Waals surface area contributed by atoms with Crippen LogP contribution in [0.4, 0.5) is 0 Å². The van der Waals surface area contributed by atoms with Crippen molar-refractivity contribution >= 4 is 38.4 Å². The third kappa shape index (κ3) is 3.49. The highest BCUT2D eigenvalue weighted by Crippen LogP contribution is 2.40. The molecular weight excluding hydrogens is 436 g/mol. The molecule has 4 heterocycles. The molecule has 1 aliphatic heterocycles. The van der Waals surface area contributed by atoms with Gasteiger partial charge in [0.05, 0.1) is 34.3 Å². The lowest BCUT2D eigenvalue weighted by atomic mass is 10.0. The summed E-state index contributed by atoms with van der Waals surface area (Å²) in [7, 11) is -3.55. The normalized spacial score (nSPS) is 16.8. The minimum Gasteiger partial charge on any atom is -0.240 e. The van der Waals surface area contributed by atoms with Crippen molar-refractivity contribution in [2.45, 2.75) is 12.5 Å². The van der Waals surface area contributed by atoms with E-state index in [2.05, 4.69) is 5.10 Å². The van der Waals surface area contributed by atoms with Crippen LogP contribution in [0.15, 0.2) is 76.0 Å². The lowest BCUT2D eigenvalue weighted by molar-refractivity contribution is 0.375. The van der Waals surface area contributed by atoms with Crippen molar-refractivity contribution in [1.82, 2.24) is 14.2 Å². The molecule has 6 nitrogen and oxygen atoms in total. The number of sulfonamides is 1. The van der Waals surface area contributed by atoms with Crippen molar-refractivity contribution < 1.29 is 8.42 Å². The fourth-order valence-corrected chi connectivity index (χ4v) is 5.84. The molecule has 0 radical (unpaired) electrons. The number of benzene rings is 1. The third-order valence-electron chi connectivity index (χ3n) is 4.93. The zero-order chi connectivity index (χ0) is 20.7. The predicted octanol–water partition coefficient (Wildman–Crippen LogP) is 4.77. The van der Waals surface area contributed by atoms with Gasteiger partial charge in [0.1, 0.15) is 0 Å². The zero-order valence-electron chi connectivity index (χ0n) is 16.0. The van der Waals surface area contributed by atoms with Crippen molar-refractivity contribution in [3.8, 4) is 16.9 Å². The molecule has 0 bridgehead atoms. The first-order valence-electron chi connectivity index (χ1n) is 9.29. The van der Waals surface area contributed by atoms with E-state index in [1.165, 1.54) is 10.7 Å². The first-order valence-corrected chi connectivity index (χ1v) is 13.0. The van der Waals surface area contributed by atoms with Crippen LogP contribution in [-0.4, -0.2) is 34.6 Å². The number of aromatic nitrogens is 2. The molecule has 0 aliphatic carbocycles. The number of hydrogen-bond acceptors (Lipinski definition) is 6. The summed E-state index contributed by atoms with van der Waals surface area (Å²) < 4.78 is 28.3. The molecule has 9 heteroatoms. The maximum atomic E-state index is 12.6. The van der Waals surface area contributed by atoms with Gasteiger partial charge in [0.15, 0.2) is 0 Å². The van der Waals surface area contributed by atoms with Gasteiger partial charge in [-0.15, -0.1) is 11.3 Å². The largest absolute Gasteiger partial charge is 0.247 e. The Labute approximate surface area is 182 Å². The number of rotatable bonds is 5. The summed E-state index contributed by atoms with van der Waals surface area (Å²) >= 11 is 3.15. The number of para-hydroxylation sites is 1. The van der Waals surface area contributed by atoms with E-state index in [0.29, 0.717) is 6.42 Å². The van der Waals surface area contributed by atoms with Crippen molar-refractivity contribution in [3.05, 3.63) is 81.3 Å². The molecule has 0 amide bonds. The molecule has 30 heavy (non-hydrogen) atoms. The summed E-state index contributed by atoms with van der Waals surface area (Å²) in [6.07, 6.45) is 3.63. The Balaban J connectivity index is 1.64. The van der Waals surface area contributed by atoms with E-state index < -0.39 is 16.1 Å². The second-order valence-electron chi connectivity index (χ2n) is 7.00. The Morgan fingerprint density at radius 1 is 1.07 bits per heavy atom. The van der Waals surface area contributed by atoms with Crippen LogP contribution in [0, 0.1) is 0 Å². The summed E-state index contributed by atoms with van der Waals surface area (Å²) in [5.74, 6) is 0. The molecule has 0 N–H and O–H groups in total. The number of hydrazone groups is 1. The van der Waals surface area contributed by atoms with Gasteiger partial charge in [-0.2, -0.15) is 26.0 Å². The van der Waals surface area contributed by atoms with Crippen molar-refractivity contribution in [1.29, 1.82) is 0 Å². The van der Waals surface area contributed by atoms with Crippen LogP contribution in [0.2, 0.25) is 0 Å². The molecule has 0 spiro atoms. The summed E-state index contributed by atoms with van der Waals surface area (Å²) in [4.78, 5) is 0.985. The second-order valence-corrected chi connectivity index (χ2v) is 10.6. The molecule has 5 rings (SSSR count). The second kappa shape index (κ2) is 7.50. The topological polar surface area (TPSA) is 67.6 Å². The maximum absolute atomic E-state index is 12.6. The molecule has 1 aliphatic rings. The highest BCUT2D eigenvalue weighted by molar-refractivity contribution is 7.88. The smallest absolute Gasteiger partial charge is 0.240 e. The maximum Gasteiger partial charge on any atom is 0.247 e. The first kappa shape index (κ1) is 19.2. The summed E-state index contributed by atoms with van der Waals surface area (Å²) in [6, 6.07) is 15.3. The van der Waals surface area contributed by atoms with Crippen molar-refractivity contribution in [2.24, 2.45) is 5.10 Å². The van der Waals surface area contributed by atoms with Gasteiger partial charge in [0.25, 0.3) is 0 Å². The molecule has 3 aromatic heterocycles. The quantitative estimate of drug-likeness (QED) is 0.436. The van der Waals surface area contributed by atoms with Crippen LogP contribution in [0.25, 0.3) is 16.9 Å². The Morgan fingerprint density at radius 2 is 1.90 bits per heavy atom. The van der Waals surface area contributed by atoms with E-state index >= 15 is 0 Å². The van der Waals surface area contributed by atoms with E-state index in [4.69, 9.17) is 5.10 Å². The van der Waals surface area contributed by atoms with Gasteiger partial charge in [0, 0.05) is 29.1 Å². The van der Waals surface area contributed by atoms with E-state index in [-0.39, 0.29) is 0 Å². The molecule has 152 valence electrons. The van der Waals surface area contributed by atoms with Gasteiger partial charge < -0.3 is 0 Å². The number of thiophene rings is 2. The summed E-state index contributed by atoms with van der Waals surface area (Å²) in [5, 5.41) is 15.3. The highest BCUT2D eigenvalue weighted by atomic mass is 32.2. The summed E-state index contributed by atoms with van der Waals surface area (Å²) in [5.41, 5.74) is 4.30. The van der Waals surface area contributed by atoms with E-state index in [0.717, 1.165) is 33.1 Å². The molecule has 0 unspecified atom stereocenters. The van der Waals surface area contributed by atoms with Crippen LogP contribution < -0.4 is 0 Å². The molecule has 1 aromatic carbocycles. The molecular formula is C21H18N4O2S3. The van der Waals surface area contributed by atoms with E-state index in [1.807, 2.05) is 75.5 Å². The average molecular weight is 455 g/mol. The monoisotopic (exact) mass is 454 g/mol. The van der Waals surface area contributed by atoms with Gasteiger partial charge in [0.2, 0.25) is 10.0 Å². The van der Waals surface area contributed by atoms with Crippen molar-refractivity contribution in [2.75, 3.05) is 6.26 Å². The summed E-state index contributed by atoms with van der Waals surface area (Å²) in [6.45, 7) is 0. The number of hydrogen-bond donors (Lipinski definition) is 0. The predicted molar refractivity (Wildman–Crippen MR) is 122 cm³/mol. The molecule has 1 atom stereocenters. The minimum atomic E-state index is -3.55. The Morgan fingerprint density at radius 3 is 2.57 bits per heavy atom. The van der Waals surface area contributed by atoms with Gasteiger partial charge in [-0.05, 0) is 35.0 Å². The molecule has 0 saturated heterocycles. The fourth-order valence-electron chi connectivity index (χ4n) is 3.59. The van der Waals surface area contributed by atoms with Gasteiger partial charge in [-0.3, -0.25) is 0 Å². The SMILES string of the molecule is CS(=O)(=O)N1N=C(c2cccs2)C[C@H]1c1cn(-c2ccccc2)nc1-c1ccsc1. The third-order valence-corrected chi connectivity index (χ3v) is 7.55. The van der Waals surface area contributed by atoms with E-state index in [9.17, 15) is 8.42 Å². The standard InChI is InChI=1S/C21H18N4O2S3/c1-30(26,27)25-19(12-18(22-25)20-8-5-10-29-20)17-13-24(16-6-3-2-4-7-16)23-21(17)15-9-11-28-14-15/h2-11,13-14,19H,12H2,1H3/t19-/m0/s1. The lowest BCUT2D eigenvalue weighted by Gasteiger charge is -2.21.